The molecule has 106 valence electrons. The molecule has 0 aliphatic rings. The van der Waals surface area contributed by atoms with Gasteiger partial charge < -0.3 is 19.7 Å². The van der Waals surface area contributed by atoms with Gasteiger partial charge in [-0.1, -0.05) is 0 Å². The van der Waals surface area contributed by atoms with Crippen LogP contribution in [0.3, 0.4) is 0 Å². The van der Waals surface area contributed by atoms with E-state index >= 15 is 0 Å². The molecule has 1 aromatic heterocycles. The van der Waals surface area contributed by atoms with Crippen LogP contribution in [0.25, 0.3) is 22.3 Å². The summed E-state index contributed by atoms with van der Waals surface area (Å²) >= 11 is 3.13. The van der Waals surface area contributed by atoms with Crippen molar-refractivity contribution in [1.82, 2.24) is 0 Å². The van der Waals surface area contributed by atoms with Crippen LogP contribution < -0.4 is 5.43 Å². The standard InChI is InChI=1S/C15H9BrO5/c16-14-11(20)5-9(18)13-10(19)6-12(21-15(13)14)7-1-3-8(17)4-2-7/h1-6,17-18,20H. The third-order valence-corrected chi connectivity index (χ3v) is 3.82. The second-order valence-corrected chi connectivity index (χ2v) is 5.25. The summed E-state index contributed by atoms with van der Waals surface area (Å²) in [6.45, 7) is 0. The molecular weight excluding hydrogens is 340 g/mol. The Balaban J connectivity index is 2.35. The van der Waals surface area contributed by atoms with Crippen LogP contribution in [0, 0.1) is 0 Å². The van der Waals surface area contributed by atoms with Crippen molar-refractivity contribution in [3.8, 4) is 28.6 Å². The highest BCUT2D eigenvalue weighted by atomic mass is 79.9. The number of aromatic hydroxyl groups is 3. The van der Waals surface area contributed by atoms with E-state index in [1.807, 2.05) is 0 Å². The van der Waals surface area contributed by atoms with Crippen LogP contribution in [-0.4, -0.2) is 15.3 Å². The lowest BCUT2D eigenvalue weighted by Gasteiger charge is -2.07. The molecule has 0 spiro atoms. The van der Waals surface area contributed by atoms with E-state index in [0.717, 1.165) is 6.07 Å². The molecule has 0 radical (unpaired) electrons. The van der Waals surface area contributed by atoms with Gasteiger partial charge in [-0.3, -0.25) is 4.79 Å². The summed E-state index contributed by atoms with van der Waals surface area (Å²) in [6, 6.07) is 8.44. The molecule has 0 aliphatic heterocycles. The Kier molecular flexibility index (Phi) is 3.10. The molecule has 1 heterocycles. The van der Waals surface area contributed by atoms with Crippen molar-refractivity contribution in [2.45, 2.75) is 0 Å². The minimum absolute atomic E-state index is 0.0118. The van der Waals surface area contributed by atoms with Gasteiger partial charge >= 0.3 is 0 Å². The zero-order valence-electron chi connectivity index (χ0n) is 10.5. The van der Waals surface area contributed by atoms with Crippen LogP contribution >= 0.6 is 15.9 Å². The Bertz CT molecular complexity index is 897. The van der Waals surface area contributed by atoms with E-state index in [1.165, 1.54) is 18.2 Å². The van der Waals surface area contributed by atoms with Crippen molar-refractivity contribution < 1.29 is 19.7 Å². The number of phenols is 3. The number of fused-ring (bicyclic) bond motifs is 1. The third-order valence-electron chi connectivity index (χ3n) is 3.05. The molecule has 0 saturated carbocycles. The molecule has 0 fully saturated rings. The number of halogens is 1. The number of phenolic OH excluding ortho intramolecular Hbond substituents is 3. The summed E-state index contributed by atoms with van der Waals surface area (Å²) in [4.78, 5) is 12.2. The maximum atomic E-state index is 12.2. The first kappa shape index (κ1) is 13.5. The highest BCUT2D eigenvalue weighted by Gasteiger charge is 2.16. The van der Waals surface area contributed by atoms with E-state index in [9.17, 15) is 20.1 Å². The molecular formula is C15H9BrO5. The van der Waals surface area contributed by atoms with Crippen LogP contribution in [0.1, 0.15) is 0 Å². The van der Waals surface area contributed by atoms with E-state index in [2.05, 4.69) is 15.9 Å². The Hall–Kier alpha value is -2.47. The van der Waals surface area contributed by atoms with Crippen LogP contribution in [-0.2, 0) is 0 Å². The van der Waals surface area contributed by atoms with Crippen molar-refractivity contribution >= 4 is 26.9 Å². The van der Waals surface area contributed by atoms with Crippen molar-refractivity contribution in [2.24, 2.45) is 0 Å². The van der Waals surface area contributed by atoms with E-state index in [0.29, 0.717) is 5.56 Å². The first-order valence-corrected chi connectivity index (χ1v) is 6.74. The normalized spacial score (nSPS) is 10.9. The molecule has 3 rings (SSSR count). The summed E-state index contributed by atoms with van der Waals surface area (Å²) in [5.41, 5.74) is 0.210. The molecule has 0 amide bonds. The largest absolute Gasteiger partial charge is 0.508 e. The Morgan fingerprint density at radius 1 is 0.952 bits per heavy atom. The lowest BCUT2D eigenvalue weighted by atomic mass is 10.1. The molecule has 0 aliphatic carbocycles. The second kappa shape index (κ2) is 4.82. The van der Waals surface area contributed by atoms with Gasteiger partial charge in [0.1, 0.15) is 32.9 Å². The van der Waals surface area contributed by atoms with Gasteiger partial charge in [-0.2, -0.15) is 0 Å². The van der Waals surface area contributed by atoms with Gasteiger partial charge in [-0.25, -0.2) is 0 Å². The van der Waals surface area contributed by atoms with Crippen LogP contribution in [0.2, 0.25) is 0 Å². The van der Waals surface area contributed by atoms with Gasteiger partial charge in [0.25, 0.3) is 0 Å². The van der Waals surface area contributed by atoms with E-state index in [1.54, 1.807) is 12.1 Å². The maximum Gasteiger partial charge on any atom is 0.197 e. The number of hydrogen-bond donors (Lipinski definition) is 3. The topological polar surface area (TPSA) is 90.9 Å². The molecule has 2 aromatic carbocycles. The minimum atomic E-state index is -0.433. The number of rotatable bonds is 1. The van der Waals surface area contributed by atoms with Crippen molar-refractivity contribution in [3.63, 3.8) is 0 Å². The number of benzene rings is 2. The van der Waals surface area contributed by atoms with Gasteiger partial charge in [-0.05, 0) is 40.2 Å². The van der Waals surface area contributed by atoms with Crippen molar-refractivity contribution in [3.05, 3.63) is 51.1 Å². The first-order chi connectivity index (χ1) is 9.97. The molecule has 5 nitrogen and oxygen atoms in total. The van der Waals surface area contributed by atoms with Crippen LogP contribution in [0.15, 0.2) is 50.1 Å². The molecule has 21 heavy (non-hydrogen) atoms. The highest BCUT2D eigenvalue weighted by Crippen LogP contribution is 2.38. The monoisotopic (exact) mass is 348 g/mol. The van der Waals surface area contributed by atoms with Crippen LogP contribution in [0.4, 0.5) is 0 Å². The summed E-state index contributed by atoms with van der Waals surface area (Å²) in [5.74, 6) is -0.223. The predicted octanol–water partition coefficient (Wildman–Crippen LogP) is 3.34. The van der Waals surface area contributed by atoms with Gasteiger partial charge in [-0.15, -0.1) is 0 Å². The Morgan fingerprint density at radius 3 is 2.29 bits per heavy atom. The van der Waals surface area contributed by atoms with Crippen molar-refractivity contribution in [2.75, 3.05) is 0 Å². The Morgan fingerprint density at radius 2 is 1.62 bits per heavy atom. The molecule has 0 saturated heterocycles. The van der Waals surface area contributed by atoms with Crippen molar-refractivity contribution in [1.29, 1.82) is 0 Å². The van der Waals surface area contributed by atoms with E-state index in [4.69, 9.17) is 4.42 Å². The molecule has 6 heteroatoms. The fourth-order valence-electron chi connectivity index (χ4n) is 2.04. The summed E-state index contributed by atoms with van der Waals surface area (Å²) < 4.78 is 5.80. The maximum absolute atomic E-state index is 12.2. The SMILES string of the molecule is O=c1cc(-c2ccc(O)cc2)oc2c(Br)c(O)cc(O)c12. The average Bonchev–Trinajstić information content (AvgIpc) is 2.44. The predicted molar refractivity (Wildman–Crippen MR) is 80.6 cm³/mol. The fraction of sp³-hybridized carbons (Fsp3) is 0. The zero-order chi connectivity index (χ0) is 15.1. The van der Waals surface area contributed by atoms with Gasteiger partial charge in [0.2, 0.25) is 0 Å². The summed E-state index contributed by atoms with van der Waals surface area (Å²) in [5, 5.41) is 28.7. The molecule has 0 bridgehead atoms. The smallest absolute Gasteiger partial charge is 0.197 e. The Labute approximate surface area is 126 Å². The second-order valence-electron chi connectivity index (χ2n) is 4.45. The van der Waals surface area contributed by atoms with E-state index in [-0.39, 0.29) is 38.5 Å². The molecule has 3 N–H and O–H groups in total. The summed E-state index contributed by atoms with van der Waals surface area (Å²) in [7, 11) is 0. The fourth-order valence-corrected chi connectivity index (χ4v) is 2.43. The summed E-state index contributed by atoms with van der Waals surface area (Å²) in [6.07, 6.45) is 0. The lowest BCUT2D eigenvalue weighted by molar-refractivity contribution is 0.450. The van der Waals surface area contributed by atoms with Gasteiger partial charge in [0, 0.05) is 17.7 Å². The highest BCUT2D eigenvalue weighted by molar-refractivity contribution is 9.10. The average molecular weight is 349 g/mol. The van der Waals surface area contributed by atoms with Crippen LogP contribution in [0.5, 0.6) is 17.2 Å². The minimum Gasteiger partial charge on any atom is -0.508 e. The zero-order valence-corrected chi connectivity index (χ0v) is 12.1. The van der Waals surface area contributed by atoms with Gasteiger partial charge in [0.15, 0.2) is 11.0 Å². The molecule has 0 unspecified atom stereocenters. The first-order valence-electron chi connectivity index (χ1n) is 5.95. The van der Waals surface area contributed by atoms with Gasteiger partial charge in [0.05, 0.1) is 0 Å². The third kappa shape index (κ3) is 2.23. The molecule has 3 aromatic rings. The molecule has 0 atom stereocenters. The van der Waals surface area contributed by atoms with E-state index < -0.39 is 5.43 Å². The lowest BCUT2D eigenvalue weighted by Crippen LogP contribution is -2.01. The number of hydrogen-bond acceptors (Lipinski definition) is 5. The quantitative estimate of drug-likeness (QED) is 0.627.